The van der Waals surface area contributed by atoms with Crippen LogP contribution in [0.15, 0.2) is 31.0 Å². The summed E-state index contributed by atoms with van der Waals surface area (Å²) in [4.78, 5) is 10.9. The van der Waals surface area contributed by atoms with Crippen molar-refractivity contribution in [1.29, 1.82) is 0 Å². The lowest BCUT2D eigenvalue weighted by Gasteiger charge is -2.00. The molecule has 0 aliphatic heterocycles. The van der Waals surface area contributed by atoms with Crippen molar-refractivity contribution in [2.45, 2.75) is 0 Å². The summed E-state index contributed by atoms with van der Waals surface area (Å²) in [5.41, 5.74) is 7.01. The van der Waals surface area contributed by atoms with Crippen LogP contribution in [0.3, 0.4) is 0 Å². The molecule has 1 amide bonds. The SMILES string of the molecule is C=C(C(N)=O)c1ccc2cn[nH]c2c1. The lowest BCUT2D eigenvalue weighted by molar-refractivity contribution is -0.112. The second-order valence-electron chi connectivity index (χ2n) is 3.01. The number of H-pyrrole nitrogens is 1. The molecule has 0 saturated carbocycles. The van der Waals surface area contributed by atoms with Gasteiger partial charge in [-0.15, -0.1) is 0 Å². The van der Waals surface area contributed by atoms with E-state index >= 15 is 0 Å². The Kier molecular flexibility index (Phi) is 1.81. The number of amides is 1. The number of rotatable bonds is 2. The Hall–Kier alpha value is -2.10. The first-order chi connectivity index (χ1) is 6.68. The zero-order chi connectivity index (χ0) is 10.1. The van der Waals surface area contributed by atoms with Crippen LogP contribution in [0, 0.1) is 0 Å². The van der Waals surface area contributed by atoms with Crippen molar-refractivity contribution in [2.75, 3.05) is 0 Å². The maximum absolute atomic E-state index is 10.9. The summed E-state index contributed by atoms with van der Waals surface area (Å²) in [5.74, 6) is -0.510. The number of nitrogens with zero attached hydrogens (tertiary/aromatic N) is 1. The van der Waals surface area contributed by atoms with Crippen molar-refractivity contribution in [3.05, 3.63) is 36.5 Å². The number of aromatic nitrogens is 2. The summed E-state index contributed by atoms with van der Waals surface area (Å²) in [6.07, 6.45) is 1.71. The molecule has 4 heteroatoms. The van der Waals surface area contributed by atoms with Crippen molar-refractivity contribution in [3.63, 3.8) is 0 Å². The fraction of sp³-hybridized carbons (Fsp3) is 0. The van der Waals surface area contributed by atoms with Gasteiger partial charge in [-0.3, -0.25) is 9.89 Å². The number of hydrogen-bond acceptors (Lipinski definition) is 2. The average molecular weight is 187 g/mol. The zero-order valence-electron chi connectivity index (χ0n) is 7.45. The first-order valence-electron chi connectivity index (χ1n) is 4.10. The molecule has 0 unspecified atom stereocenters. The molecule has 0 aliphatic rings. The lowest BCUT2D eigenvalue weighted by atomic mass is 10.1. The fourth-order valence-electron chi connectivity index (χ4n) is 1.27. The van der Waals surface area contributed by atoms with E-state index < -0.39 is 5.91 Å². The Morgan fingerprint density at radius 2 is 2.29 bits per heavy atom. The number of benzene rings is 1. The maximum atomic E-state index is 10.9. The molecule has 1 aromatic carbocycles. The van der Waals surface area contributed by atoms with Crippen molar-refractivity contribution in [2.24, 2.45) is 5.73 Å². The van der Waals surface area contributed by atoms with Gasteiger partial charge in [0.2, 0.25) is 5.91 Å². The largest absolute Gasteiger partial charge is 0.366 e. The number of aromatic amines is 1. The molecule has 4 nitrogen and oxygen atoms in total. The molecule has 0 bridgehead atoms. The van der Waals surface area contributed by atoms with Crippen LogP contribution < -0.4 is 5.73 Å². The van der Waals surface area contributed by atoms with E-state index in [-0.39, 0.29) is 0 Å². The van der Waals surface area contributed by atoms with Gasteiger partial charge in [-0.05, 0) is 11.6 Å². The average Bonchev–Trinajstić information content (AvgIpc) is 2.62. The molecule has 0 aliphatic carbocycles. The first kappa shape index (κ1) is 8.50. The molecule has 0 saturated heterocycles. The number of nitrogens with two attached hydrogens (primary N) is 1. The number of carbonyl (C=O) groups is 1. The number of fused-ring (bicyclic) bond motifs is 1. The van der Waals surface area contributed by atoms with E-state index in [1.165, 1.54) is 0 Å². The Bertz CT molecular complexity index is 513. The van der Waals surface area contributed by atoms with Gasteiger partial charge in [0, 0.05) is 11.0 Å². The van der Waals surface area contributed by atoms with Crippen LogP contribution in [0.1, 0.15) is 5.56 Å². The van der Waals surface area contributed by atoms with Crippen LogP contribution in [0.5, 0.6) is 0 Å². The molecule has 0 radical (unpaired) electrons. The zero-order valence-corrected chi connectivity index (χ0v) is 7.45. The molecule has 2 aromatic rings. The summed E-state index contributed by atoms with van der Waals surface area (Å²) < 4.78 is 0. The third-order valence-electron chi connectivity index (χ3n) is 2.09. The Labute approximate surface area is 80.4 Å². The van der Waals surface area contributed by atoms with Crippen LogP contribution in [0.4, 0.5) is 0 Å². The lowest BCUT2D eigenvalue weighted by Crippen LogP contribution is -2.11. The van der Waals surface area contributed by atoms with Crippen molar-refractivity contribution >= 4 is 22.4 Å². The summed E-state index contributed by atoms with van der Waals surface area (Å²) in [6.45, 7) is 3.61. The number of hydrogen-bond donors (Lipinski definition) is 2. The van der Waals surface area contributed by atoms with E-state index in [0.717, 1.165) is 10.9 Å². The van der Waals surface area contributed by atoms with E-state index in [4.69, 9.17) is 5.73 Å². The summed E-state index contributed by atoms with van der Waals surface area (Å²) in [5, 5.41) is 7.68. The fourth-order valence-corrected chi connectivity index (χ4v) is 1.27. The second kappa shape index (κ2) is 2.99. The van der Waals surface area contributed by atoms with Gasteiger partial charge in [0.15, 0.2) is 0 Å². The van der Waals surface area contributed by atoms with E-state index in [1.807, 2.05) is 6.07 Å². The monoisotopic (exact) mass is 187 g/mol. The smallest absolute Gasteiger partial charge is 0.248 e. The van der Waals surface area contributed by atoms with Crippen LogP contribution >= 0.6 is 0 Å². The quantitative estimate of drug-likeness (QED) is 0.690. The highest BCUT2D eigenvalue weighted by Gasteiger charge is 2.05. The highest BCUT2D eigenvalue weighted by atomic mass is 16.1. The Morgan fingerprint density at radius 3 is 3.00 bits per heavy atom. The van der Waals surface area contributed by atoms with Gasteiger partial charge in [0.05, 0.1) is 11.7 Å². The van der Waals surface area contributed by atoms with E-state index in [2.05, 4.69) is 16.8 Å². The number of carbonyl (C=O) groups excluding carboxylic acids is 1. The van der Waals surface area contributed by atoms with E-state index in [9.17, 15) is 4.79 Å². The van der Waals surface area contributed by atoms with Crippen LogP contribution in [-0.4, -0.2) is 16.1 Å². The van der Waals surface area contributed by atoms with Crippen molar-refractivity contribution in [1.82, 2.24) is 10.2 Å². The second-order valence-corrected chi connectivity index (χ2v) is 3.01. The molecule has 1 heterocycles. The Balaban J connectivity index is 2.54. The maximum Gasteiger partial charge on any atom is 0.248 e. The summed E-state index contributed by atoms with van der Waals surface area (Å²) in [6, 6.07) is 5.46. The van der Waals surface area contributed by atoms with Gasteiger partial charge in [-0.25, -0.2) is 0 Å². The Morgan fingerprint density at radius 1 is 1.50 bits per heavy atom. The highest BCUT2D eigenvalue weighted by molar-refractivity contribution is 6.18. The number of primary amides is 1. The minimum atomic E-state index is -0.510. The normalized spacial score (nSPS) is 10.3. The molecular weight excluding hydrogens is 178 g/mol. The number of nitrogens with one attached hydrogen (secondary N) is 1. The molecule has 1 aromatic heterocycles. The van der Waals surface area contributed by atoms with Crippen LogP contribution in [-0.2, 0) is 4.79 Å². The standard InChI is InChI=1S/C10H9N3O/c1-6(10(11)14)7-2-3-8-5-12-13-9(8)4-7/h2-5H,1H2,(H2,11,14)(H,12,13). The molecule has 0 spiro atoms. The van der Waals surface area contributed by atoms with Crippen molar-refractivity contribution in [3.8, 4) is 0 Å². The predicted molar refractivity (Wildman–Crippen MR) is 54.3 cm³/mol. The third kappa shape index (κ3) is 1.26. The molecule has 70 valence electrons. The van der Waals surface area contributed by atoms with Crippen LogP contribution in [0.2, 0.25) is 0 Å². The van der Waals surface area contributed by atoms with Gasteiger partial charge in [0.25, 0.3) is 0 Å². The molecular formula is C10H9N3O. The van der Waals surface area contributed by atoms with Gasteiger partial charge in [-0.1, -0.05) is 18.7 Å². The molecule has 2 rings (SSSR count). The molecule has 3 N–H and O–H groups in total. The third-order valence-corrected chi connectivity index (χ3v) is 2.09. The predicted octanol–water partition coefficient (Wildman–Crippen LogP) is 1.06. The summed E-state index contributed by atoms with van der Waals surface area (Å²) in [7, 11) is 0. The van der Waals surface area contributed by atoms with Gasteiger partial charge < -0.3 is 5.73 Å². The van der Waals surface area contributed by atoms with E-state index in [0.29, 0.717) is 11.1 Å². The van der Waals surface area contributed by atoms with Gasteiger partial charge in [-0.2, -0.15) is 5.10 Å². The van der Waals surface area contributed by atoms with Crippen molar-refractivity contribution < 1.29 is 4.79 Å². The molecule has 14 heavy (non-hydrogen) atoms. The van der Waals surface area contributed by atoms with Gasteiger partial charge >= 0.3 is 0 Å². The highest BCUT2D eigenvalue weighted by Crippen LogP contribution is 2.17. The minimum Gasteiger partial charge on any atom is -0.366 e. The van der Waals surface area contributed by atoms with Gasteiger partial charge in [0.1, 0.15) is 0 Å². The van der Waals surface area contributed by atoms with E-state index in [1.54, 1.807) is 18.3 Å². The van der Waals surface area contributed by atoms with Crippen LogP contribution in [0.25, 0.3) is 16.5 Å². The molecule has 0 fully saturated rings. The summed E-state index contributed by atoms with van der Waals surface area (Å²) >= 11 is 0. The minimum absolute atomic E-state index is 0.307. The first-order valence-corrected chi connectivity index (χ1v) is 4.10. The topological polar surface area (TPSA) is 71.8 Å². The molecule has 0 atom stereocenters.